The first-order valence-electron chi connectivity index (χ1n) is 7.77. The third-order valence-corrected chi connectivity index (χ3v) is 5.47. The Balaban J connectivity index is 1.87. The van der Waals surface area contributed by atoms with Crippen molar-refractivity contribution in [2.75, 3.05) is 6.54 Å². The summed E-state index contributed by atoms with van der Waals surface area (Å²) < 4.78 is 0. The van der Waals surface area contributed by atoms with Crippen molar-refractivity contribution in [1.29, 1.82) is 0 Å². The van der Waals surface area contributed by atoms with Crippen LogP contribution in [0.1, 0.15) is 61.3 Å². The molecule has 1 fully saturated rings. The minimum Gasteiger partial charge on any atom is -0.312 e. The summed E-state index contributed by atoms with van der Waals surface area (Å²) in [4.78, 5) is 2.92. The van der Waals surface area contributed by atoms with Crippen LogP contribution in [0.25, 0.3) is 0 Å². The van der Waals surface area contributed by atoms with Gasteiger partial charge in [-0.3, -0.25) is 0 Å². The average molecular weight is 279 g/mol. The molecule has 108 valence electrons. The van der Waals surface area contributed by atoms with Gasteiger partial charge in [-0.15, -0.1) is 11.3 Å². The van der Waals surface area contributed by atoms with Gasteiger partial charge in [-0.1, -0.05) is 26.7 Å². The Morgan fingerprint density at radius 1 is 1.26 bits per heavy atom. The first-order chi connectivity index (χ1) is 9.01. The lowest BCUT2D eigenvalue weighted by Gasteiger charge is -2.31. The van der Waals surface area contributed by atoms with E-state index in [9.17, 15) is 0 Å². The molecule has 1 heterocycles. The zero-order valence-electron chi connectivity index (χ0n) is 13.0. The smallest absolute Gasteiger partial charge is 0.0216 e. The Labute approximate surface area is 122 Å². The minimum absolute atomic E-state index is 0.590. The summed E-state index contributed by atoms with van der Waals surface area (Å²) in [7, 11) is 0. The first-order valence-corrected chi connectivity index (χ1v) is 8.59. The lowest BCUT2D eigenvalue weighted by atomic mass is 9.78. The Kier molecular flexibility index (Phi) is 5.08. The molecule has 0 bridgehead atoms. The van der Waals surface area contributed by atoms with Crippen LogP contribution in [0.4, 0.5) is 0 Å². The average Bonchev–Trinajstić information content (AvgIpc) is 2.86. The molecule has 1 aliphatic rings. The van der Waals surface area contributed by atoms with Gasteiger partial charge in [0.25, 0.3) is 0 Å². The monoisotopic (exact) mass is 279 g/mol. The maximum atomic E-state index is 3.75. The van der Waals surface area contributed by atoms with Crippen LogP contribution in [0.2, 0.25) is 0 Å². The summed E-state index contributed by atoms with van der Waals surface area (Å²) >= 11 is 1.92. The lowest BCUT2D eigenvalue weighted by molar-refractivity contribution is 0.223. The molecule has 0 atom stereocenters. The van der Waals surface area contributed by atoms with Gasteiger partial charge in [0.2, 0.25) is 0 Å². The number of thiophene rings is 1. The van der Waals surface area contributed by atoms with Gasteiger partial charge in [0.05, 0.1) is 0 Å². The highest BCUT2D eigenvalue weighted by molar-refractivity contribution is 7.12. The topological polar surface area (TPSA) is 12.0 Å². The molecule has 0 saturated heterocycles. The second-order valence-corrected chi connectivity index (χ2v) is 8.31. The number of hydrogen-bond acceptors (Lipinski definition) is 2. The highest BCUT2D eigenvalue weighted by atomic mass is 32.1. The second kappa shape index (κ2) is 6.41. The summed E-state index contributed by atoms with van der Waals surface area (Å²) in [5.41, 5.74) is 2.09. The molecule has 19 heavy (non-hydrogen) atoms. The molecule has 1 aromatic heterocycles. The molecule has 0 spiro atoms. The van der Waals surface area contributed by atoms with Crippen molar-refractivity contribution in [3.63, 3.8) is 0 Å². The minimum atomic E-state index is 0.590. The maximum Gasteiger partial charge on any atom is 0.0216 e. The number of aryl methyl sites for hydroxylation is 2. The van der Waals surface area contributed by atoms with E-state index in [1.54, 1.807) is 0 Å². The highest BCUT2D eigenvalue weighted by Crippen LogP contribution is 2.42. The quantitative estimate of drug-likeness (QED) is 0.767. The van der Waals surface area contributed by atoms with Crippen molar-refractivity contribution in [3.8, 4) is 0 Å². The van der Waals surface area contributed by atoms with E-state index >= 15 is 0 Å². The van der Waals surface area contributed by atoms with Crippen molar-refractivity contribution in [3.05, 3.63) is 21.4 Å². The molecule has 2 rings (SSSR count). The molecular formula is C17H29NS. The fraction of sp³-hybridized carbons (Fsp3) is 0.765. The van der Waals surface area contributed by atoms with Gasteiger partial charge in [0.15, 0.2) is 0 Å². The maximum absolute atomic E-state index is 3.75. The van der Waals surface area contributed by atoms with Crippen LogP contribution in [0.15, 0.2) is 6.07 Å². The zero-order chi connectivity index (χ0) is 13.9. The van der Waals surface area contributed by atoms with Crippen LogP contribution in [0.3, 0.4) is 0 Å². The third-order valence-electron chi connectivity index (χ3n) is 4.46. The van der Waals surface area contributed by atoms with Crippen LogP contribution in [-0.2, 0) is 6.54 Å². The van der Waals surface area contributed by atoms with Gasteiger partial charge in [0.1, 0.15) is 0 Å². The summed E-state index contributed by atoms with van der Waals surface area (Å²) in [6.45, 7) is 11.4. The molecule has 0 radical (unpaired) electrons. The summed E-state index contributed by atoms with van der Waals surface area (Å²) in [6.07, 6.45) is 7.12. The van der Waals surface area contributed by atoms with Gasteiger partial charge < -0.3 is 5.32 Å². The van der Waals surface area contributed by atoms with E-state index in [1.807, 2.05) is 11.3 Å². The fourth-order valence-electron chi connectivity index (χ4n) is 3.77. The lowest BCUT2D eigenvalue weighted by Crippen LogP contribution is -2.33. The van der Waals surface area contributed by atoms with Gasteiger partial charge in [0, 0.05) is 22.8 Å². The van der Waals surface area contributed by atoms with Crippen LogP contribution < -0.4 is 5.32 Å². The van der Waals surface area contributed by atoms with E-state index in [0.717, 1.165) is 12.5 Å². The van der Waals surface area contributed by atoms with E-state index in [0.29, 0.717) is 5.41 Å². The van der Waals surface area contributed by atoms with E-state index < -0.39 is 0 Å². The molecule has 1 nitrogen and oxygen atoms in total. The highest BCUT2D eigenvalue weighted by Gasteiger charge is 2.33. The predicted molar refractivity (Wildman–Crippen MR) is 85.9 cm³/mol. The summed E-state index contributed by atoms with van der Waals surface area (Å²) in [5.74, 6) is 0.824. The largest absolute Gasteiger partial charge is 0.312 e. The first kappa shape index (κ1) is 15.1. The Morgan fingerprint density at radius 3 is 2.47 bits per heavy atom. The van der Waals surface area contributed by atoms with Crippen LogP contribution in [0.5, 0.6) is 0 Å². The molecule has 1 saturated carbocycles. The summed E-state index contributed by atoms with van der Waals surface area (Å²) in [6, 6.07) is 2.34. The molecule has 1 N–H and O–H groups in total. The Hall–Kier alpha value is -0.340. The van der Waals surface area contributed by atoms with Crippen LogP contribution in [0, 0.1) is 25.2 Å². The number of nitrogens with one attached hydrogen (secondary N) is 1. The van der Waals surface area contributed by atoms with Crippen LogP contribution in [-0.4, -0.2) is 6.54 Å². The number of rotatable bonds is 6. The molecule has 2 heteroatoms. The molecule has 0 aliphatic heterocycles. The van der Waals surface area contributed by atoms with Gasteiger partial charge in [-0.2, -0.15) is 0 Å². The normalized spacial score (nSPS) is 18.4. The Bertz CT molecular complexity index is 399. The Morgan fingerprint density at radius 2 is 1.95 bits per heavy atom. The molecule has 0 unspecified atom stereocenters. The van der Waals surface area contributed by atoms with Crippen molar-refractivity contribution < 1.29 is 0 Å². The SMILES string of the molecule is Cc1cc(CNCC2(CC(C)C)CCCC2)c(C)s1. The molecule has 0 amide bonds. The third kappa shape index (κ3) is 4.06. The molecule has 1 aliphatic carbocycles. The predicted octanol–water partition coefficient (Wildman–Crippen LogP) is 5.06. The van der Waals surface area contributed by atoms with Crippen molar-refractivity contribution in [2.24, 2.45) is 11.3 Å². The van der Waals surface area contributed by atoms with Crippen molar-refractivity contribution >= 4 is 11.3 Å². The number of hydrogen-bond donors (Lipinski definition) is 1. The fourth-order valence-corrected chi connectivity index (χ4v) is 4.71. The summed E-state index contributed by atoms with van der Waals surface area (Å²) in [5, 5.41) is 3.75. The van der Waals surface area contributed by atoms with E-state index in [2.05, 4.69) is 39.1 Å². The zero-order valence-corrected chi connectivity index (χ0v) is 13.8. The van der Waals surface area contributed by atoms with Crippen LogP contribution >= 0.6 is 11.3 Å². The van der Waals surface area contributed by atoms with Gasteiger partial charge >= 0.3 is 0 Å². The second-order valence-electron chi connectivity index (χ2n) is 6.85. The molecule has 0 aromatic carbocycles. The molecular weight excluding hydrogens is 250 g/mol. The molecule has 1 aromatic rings. The van der Waals surface area contributed by atoms with E-state index in [1.165, 1.54) is 54.0 Å². The standard InChI is InChI=1S/C17H29NS/c1-13(2)10-17(7-5-6-8-17)12-18-11-16-9-14(3)19-15(16)4/h9,13,18H,5-8,10-12H2,1-4H3. The van der Waals surface area contributed by atoms with E-state index in [4.69, 9.17) is 0 Å². The van der Waals surface area contributed by atoms with Crippen molar-refractivity contribution in [1.82, 2.24) is 5.32 Å². The van der Waals surface area contributed by atoms with E-state index in [-0.39, 0.29) is 0 Å². The van der Waals surface area contributed by atoms with Crippen molar-refractivity contribution in [2.45, 2.75) is 66.3 Å². The van der Waals surface area contributed by atoms with Gasteiger partial charge in [-0.25, -0.2) is 0 Å². The van der Waals surface area contributed by atoms with Gasteiger partial charge in [-0.05, 0) is 56.1 Å².